The molecule has 0 saturated heterocycles. The summed E-state index contributed by atoms with van der Waals surface area (Å²) in [6.45, 7) is 0. The van der Waals surface area contributed by atoms with Gasteiger partial charge in [-0.05, 0) is 18.2 Å². The average Bonchev–Trinajstić information content (AvgIpc) is 2.77. The van der Waals surface area contributed by atoms with Crippen LogP contribution in [0.5, 0.6) is 0 Å². The van der Waals surface area contributed by atoms with E-state index in [1.807, 2.05) is 0 Å². The third kappa shape index (κ3) is 2.36. The monoisotopic (exact) mass is 256 g/mol. The van der Waals surface area contributed by atoms with Crippen LogP contribution in [0, 0.1) is 5.82 Å². The highest BCUT2D eigenvalue weighted by Gasteiger charge is 2.15. The Bertz CT molecular complexity index is 624. The van der Waals surface area contributed by atoms with E-state index in [0.29, 0.717) is 0 Å². The first-order valence-corrected chi connectivity index (χ1v) is 6.03. The fraction of sp³-hybridized carbons (Fsp3) is 0. The Labute approximate surface area is 96.7 Å². The second kappa shape index (κ2) is 4.06. The van der Waals surface area contributed by atoms with Gasteiger partial charge in [-0.15, -0.1) is 0 Å². The van der Waals surface area contributed by atoms with Crippen molar-refractivity contribution in [3.63, 3.8) is 0 Å². The van der Waals surface area contributed by atoms with Crippen LogP contribution in [0.1, 0.15) is 0 Å². The van der Waals surface area contributed by atoms with Gasteiger partial charge in [-0.25, -0.2) is 9.37 Å². The minimum absolute atomic E-state index is 0.0830. The zero-order valence-corrected chi connectivity index (χ0v) is 9.33. The highest BCUT2D eigenvalue weighted by Crippen LogP contribution is 2.19. The fourth-order valence-electron chi connectivity index (χ4n) is 1.21. The summed E-state index contributed by atoms with van der Waals surface area (Å²) in [5.41, 5.74) is 5.38. The molecule has 1 heterocycles. The molecule has 0 bridgehead atoms. The summed E-state index contributed by atoms with van der Waals surface area (Å²) in [6.07, 6.45) is 2.41. The Balaban J connectivity index is 2.30. The van der Waals surface area contributed by atoms with E-state index in [1.54, 1.807) is 0 Å². The lowest BCUT2D eigenvalue weighted by atomic mass is 10.3. The van der Waals surface area contributed by atoms with Crippen molar-refractivity contribution in [1.29, 1.82) is 0 Å². The van der Waals surface area contributed by atoms with Crippen molar-refractivity contribution < 1.29 is 12.8 Å². The van der Waals surface area contributed by atoms with E-state index in [4.69, 9.17) is 5.73 Å². The Morgan fingerprint density at radius 2 is 2.18 bits per heavy atom. The van der Waals surface area contributed by atoms with E-state index < -0.39 is 15.8 Å². The lowest BCUT2D eigenvalue weighted by Gasteiger charge is -2.06. The molecule has 90 valence electrons. The fourth-order valence-corrected chi connectivity index (χ4v) is 2.16. The number of benzene rings is 1. The molecule has 0 radical (unpaired) electrons. The van der Waals surface area contributed by atoms with E-state index >= 15 is 0 Å². The number of nitrogens with zero attached hydrogens (tertiary/aromatic N) is 1. The molecular weight excluding hydrogens is 247 g/mol. The van der Waals surface area contributed by atoms with E-state index in [-0.39, 0.29) is 16.4 Å². The summed E-state index contributed by atoms with van der Waals surface area (Å²) in [7, 11) is -3.75. The number of halogens is 1. The molecule has 1 aromatic carbocycles. The normalized spacial score (nSPS) is 11.4. The molecule has 6 nitrogen and oxygen atoms in total. The summed E-state index contributed by atoms with van der Waals surface area (Å²) < 4.78 is 38.6. The third-order valence-electron chi connectivity index (χ3n) is 2.01. The van der Waals surface area contributed by atoms with Gasteiger partial charge in [0.1, 0.15) is 5.82 Å². The zero-order chi connectivity index (χ0) is 12.5. The van der Waals surface area contributed by atoms with Gasteiger partial charge < -0.3 is 10.7 Å². The second-order valence-corrected chi connectivity index (χ2v) is 4.91. The summed E-state index contributed by atoms with van der Waals surface area (Å²) in [4.78, 5) is 6.06. The number of imidazole rings is 1. The molecule has 0 aliphatic rings. The minimum Gasteiger partial charge on any atom is -0.396 e. The van der Waals surface area contributed by atoms with Crippen molar-refractivity contribution in [2.24, 2.45) is 0 Å². The molecule has 2 rings (SSSR count). The van der Waals surface area contributed by atoms with E-state index in [1.165, 1.54) is 18.5 Å². The smallest absolute Gasteiger partial charge is 0.278 e. The number of hydrogen-bond acceptors (Lipinski definition) is 4. The summed E-state index contributed by atoms with van der Waals surface area (Å²) >= 11 is 0. The number of rotatable bonds is 3. The molecule has 0 amide bonds. The average molecular weight is 256 g/mol. The zero-order valence-electron chi connectivity index (χ0n) is 8.51. The van der Waals surface area contributed by atoms with Crippen molar-refractivity contribution in [2.45, 2.75) is 5.03 Å². The Hall–Kier alpha value is -2.09. The molecule has 0 unspecified atom stereocenters. The van der Waals surface area contributed by atoms with Gasteiger partial charge in [0.25, 0.3) is 10.0 Å². The molecule has 0 atom stereocenters. The lowest BCUT2D eigenvalue weighted by Crippen LogP contribution is -2.13. The second-order valence-electron chi connectivity index (χ2n) is 3.26. The van der Waals surface area contributed by atoms with Gasteiger partial charge in [0, 0.05) is 0 Å². The summed E-state index contributed by atoms with van der Waals surface area (Å²) in [5, 5.41) is -0.0830. The molecule has 0 aliphatic carbocycles. The van der Waals surface area contributed by atoms with Gasteiger partial charge in [0.15, 0.2) is 5.03 Å². The summed E-state index contributed by atoms with van der Waals surface area (Å²) in [6, 6.07) is 3.56. The number of anilines is 2. The number of aromatic nitrogens is 2. The first-order valence-electron chi connectivity index (χ1n) is 4.55. The van der Waals surface area contributed by atoms with Crippen LogP contribution >= 0.6 is 0 Å². The lowest BCUT2D eigenvalue weighted by molar-refractivity contribution is 0.598. The molecule has 4 N–H and O–H groups in total. The van der Waals surface area contributed by atoms with E-state index in [0.717, 1.165) is 12.3 Å². The largest absolute Gasteiger partial charge is 0.396 e. The number of H-pyrrole nitrogens is 1. The maximum atomic E-state index is 12.9. The predicted molar refractivity (Wildman–Crippen MR) is 60.2 cm³/mol. The maximum absolute atomic E-state index is 12.9. The van der Waals surface area contributed by atoms with Gasteiger partial charge in [-0.1, -0.05) is 0 Å². The first kappa shape index (κ1) is 11.4. The quantitative estimate of drug-likeness (QED) is 0.711. The predicted octanol–water partition coefficient (Wildman–Crippen LogP) is 0.932. The highest BCUT2D eigenvalue weighted by molar-refractivity contribution is 7.92. The Kier molecular flexibility index (Phi) is 2.72. The molecule has 1 aromatic heterocycles. The third-order valence-corrected chi connectivity index (χ3v) is 3.32. The number of nitrogens with two attached hydrogens (primary N) is 1. The van der Waals surface area contributed by atoms with Crippen molar-refractivity contribution in [3.8, 4) is 0 Å². The molecule has 0 aliphatic heterocycles. The van der Waals surface area contributed by atoms with Crippen LogP contribution in [0.25, 0.3) is 0 Å². The topological polar surface area (TPSA) is 101 Å². The molecule has 0 spiro atoms. The molecule has 8 heteroatoms. The van der Waals surface area contributed by atoms with Crippen LogP contribution in [0.3, 0.4) is 0 Å². The molecule has 2 aromatic rings. The number of nitrogen functional groups attached to an aromatic ring is 1. The van der Waals surface area contributed by atoms with Crippen molar-refractivity contribution >= 4 is 21.4 Å². The number of sulfonamides is 1. The molecule has 0 saturated carbocycles. The Morgan fingerprint density at radius 3 is 2.76 bits per heavy atom. The van der Waals surface area contributed by atoms with E-state index in [9.17, 15) is 12.8 Å². The summed E-state index contributed by atoms with van der Waals surface area (Å²) in [5.74, 6) is -0.602. The molecular formula is C9H9FN4O2S. The number of nitrogens with one attached hydrogen (secondary N) is 2. The van der Waals surface area contributed by atoms with Gasteiger partial charge in [0.2, 0.25) is 0 Å². The minimum atomic E-state index is -3.75. The van der Waals surface area contributed by atoms with E-state index in [2.05, 4.69) is 14.7 Å². The first-order chi connectivity index (χ1) is 7.99. The molecule has 17 heavy (non-hydrogen) atoms. The van der Waals surface area contributed by atoms with Crippen LogP contribution in [0.15, 0.2) is 35.7 Å². The number of aromatic amines is 1. The van der Waals surface area contributed by atoms with Crippen LogP contribution in [0.4, 0.5) is 15.8 Å². The maximum Gasteiger partial charge on any atom is 0.278 e. The van der Waals surface area contributed by atoms with Gasteiger partial charge in [-0.3, -0.25) is 4.72 Å². The Morgan fingerprint density at radius 1 is 1.41 bits per heavy atom. The van der Waals surface area contributed by atoms with Gasteiger partial charge in [0.05, 0.1) is 23.9 Å². The van der Waals surface area contributed by atoms with Crippen LogP contribution < -0.4 is 10.5 Å². The van der Waals surface area contributed by atoms with Crippen molar-refractivity contribution in [3.05, 3.63) is 36.5 Å². The van der Waals surface area contributed by atoms with Crippen LogP contribution in [0.2, 0.25) is 0 Å². The van der Waals surface area contributed by atoms with Gasteiger partial charge >= 0.3 is 0 Å². The number of hydrogen-bond donors (Lipinski definition) is 3. The highest BCUT2D eigenvalue weighted by atomic mass is 32.2. The standard InChI is InChI=1S/C9H9FN4O2S/c10-7-2-1-6(3-8(7)11)14-17(15,16)9-4-12-5-13-9/h1-5,14H,11H2,(H,12,13). The van der Waals surface area contributed by atoms with Crippen LogP contribution in [-0.2, 0) is 10.0 Å². The van der Waals surface area contributed by atoms with Crippen LogP contribution in [-0.4, -0.2) is 18.4 Å². The molecule has 0 fully saturated rings. The SMILES string of the molecule is Nc1cc(NS(=O)(=O)c2cnc[nH]2)ccc1F. The van der Waals surface area contributed by atoms with Crippen molar-refractivity contribution in [1.82, 2.24) is 9.97 Å². The van der Waals surface area contributed by atoms with Crippen molar-refractivity contribution in [2.75, 3.05) is 10.5 Å². The van der Waals surface area contributed by atoms with Gasteiger partial charge in [-0.2, -0.15) is 8.42 Å².